The summed E-state index contributed by atoms with van der Waals surface area (Å²) in [6.07, 6.45) is 11.3. The third kappa shape index (κ3) is 11.2. The smallest absolute Gasteiger partial charge is 0.00938 e. The number of likely N-dealkylation sites (tertiary alicyclic amines) is 1. The van der Waals surface area contributed by atoms with Gasteiger partial charge in [0.25, 0.3) is 0 Å². The first-order valence-electron chi connectivity index (χ1n) is 9.56. The molecule has 128 valence electrons. The van der Waals surface area contributed by atoms with Crippen LogP contribution >= 0.6 is 0 Å². The van der Waals surface area contributed by atoms with Crippen molar-refractivity contribution in [3.63, 3.8) is 0 Å². The first-order chi connectivity index (χ1) is 10.1. The maximum absolute atomic E-state index is 3.66. The van der Waals surface area contributed by atoms with E-state index >= 15 is 0 Å². The van der Waals surface area contributed by atoms with E-state index in [2.05, 4.69) is 38.0 Å². The van der Waals surface area contributed by atoms with Gasteiger partial charge in [-0.1, -0.05) is 59.8 Å². The topological polar surface area (TPSA) is 15.3 Å². The molecule has 2 heteroatoms. The molecule has 0 aromatic carbocycles. The summed E-state index contributed by atoms with van der Waals surface area (Å²) in [7, 11) is 2.21. The number of hydrogen-bond acceptors (Lipinski definition) is 2. The van der Waals surface area contributed by atoms with E-state index in [0.29, 0.717) is 6.04 Å². The summed E-state index contributed by atoms with van der Waals surface area (Å²) in [5.74, 6) is 1.04. The van der Waals surface area contributed by atoms with E-state index in [1.807, 2.05) is 13.8 Å². The summed E-state index contributed by atoms with van der Waals surface area (Å²) < 4.78 is 0. The van der Waals surface area contributed by atoms with Gasteiger partial charge in [-0.3, -0.25) is 0 Å². The van der Waals surface area contributed by atoms with E-state index in [1.165, 1.54) is 64.5 Å². The Morgan fingerprint density at radius 2 is 1.52 bits per heavy atom. The molecule has 2 nitrogen and oxygen atoms in total. The zero-order chi connectivity index (χ0) is 16.1. The number of piperidine rings is 1. The van der Waals surface area contributed by atoms with E-state index in [4.69, 9.17) is 0 Å². The fourth-order valence-corrected chi connectivity index (χ4v) is 3.00. The highest BCUT2D eigenvalue weighted by Gasteiger charge is 2.16. The molecule has 1 N–H and O–H groups in total. The largest absolute Gasteiger partial charge is 0.311 e. The molecule has 0 spiro atoms. The lowest BCUT2D eigenvalue weighted by molar-refractivity contribution is 0.225. The minimum Gasteiger partial charge on any atom is -0.311 e. The molecule has 0 bridgehead atoms. The molecule has 0 radical (unpaired) electrons. The van der Waals surface area contributed by atoms with Crippen molar-refractivity contribution in [3.05, 3.63) is 0 Å². The molecule has 1 atom stereocenters. The second-order valence-electron chi connectivity index (χ2n) is 6.80. The van der Waals surface area contributed by atoms with Crippen molar-refractivity contribution in [1.29, 1.82) is 0 Å². The number of nitrogens with zero attached hydrogens (tertiary/aromatic N) is 1. The molecule has 0 aromatic rings. The Balaban J connectivity index is 0.000000377. The predicted molar refractivity (Wildman–Crippen MR) is 97.0 cm³/mol. The summed E-state index contributed by atoms with van der Waals surface area (Å²) in [5, 5.41) is 3.66. The number of rotatable bonds is 3. The highest BCUT2D eigenvalue weighted by Crippen LogP contribution is 2.22. The Morgan fingerprint density at radius 3 is 1.90 bits per heavy atom. The van der Waals surface area contributed by atoms with Gasteiger partial charge in [-0.15, -0.1) is 0 Å². The summed E-state index contributed by atoms with van der Waals surface area (Å²) in [6, 6.07) is 1.47. The van der Waals surface area contributed by atoms with Crippen molar-refractivity contribution >= 4 is 0 Å². The molecule has 21 heavy (non-hydrogen) atoms. The third-order valence-corrected chi connectivity index (χ3v) is 4.75. The molecule has 2 fully saturated rings. The molecule has 0 aromatic heterocycles. The molecule has 1 unspecified atom stereocenters. The zero-order valence-corrected chi connectivity index (χ0v) is 15.8. The van der Waals surface area contributed by atoms with Crippen molar-refractivity contribution in [3.8, 4) is 0 Å². The monoisotopic (exact) mass is 298 g/mol. The van der Waals surface area contributed by atoms with E-state index in [1.54, 1.807) is 0 Å². The van der Waals surface area contributed by atoms with Crippen LogP contribution < -0.4 is 5.32 Å². The molecule has 1 aliphatic heterocycles. The predicted octanol–water partition coefficient (Wildman–Crippen LogP) is 5.08. The van der Waals surface area contributed by atoms with Crippen LogP contribution in [0.1, 0.15) is 86.0 Å². The van der Waals surface area contributed by atoms with Crippen molar-refractivity contribution in [2.45, 2.75) is 98.1 Å². The maximum atomic E-state index is 3.66. The lowest BCUT2D eigenvalue weighted by Gasteiger charge is -2.31. The molecule has 1 aliphatic carbocycles. The first-order valence-corrected chi connectivity index (χ1v) is 9.56. The van der Waals surface area contributed by atoms with Gasteiger partial charge in [-0.25, -0.2) is 0 Å². The summed E-state index contributed by atoms with van der Waals surface area (Å²) >= 11 is 0. The quantitative estimate of drug-likeness (QED) is 0.781. The van der Waals surface area contributed by atoms with Gasteiger partial charge in [0.1, 0.15) is 0 Å². The fraction of sp³-hybridized carbons (Fsp3) is 1.00. The summed E-state index contributed by atoms with van der Waals surface area (Å²) in [6.45, 7) is 13.4. The van der Waals surface area contributed by atoms with Crippen LogP contribution in [0.4, 0.5) is 0 Å². The number of hydrogen-bond donors (Lipinski definition) is 1. The zero-order valence-electron chi connectivity index (χ0n) is 15.8. The Hall–Kier alpha value is -0.0800. The molecular formula is C19H42N2. The van der Waals surface area contributed by atoms with Crippen LogP contribution in [0.5, 0.6) is 0 Å². The lowest BCUT2D eigenvalue weighted by atomic mass is 9.91. The van der Waals surface area contributed by atoms with E-state index < -0.39 is 0 Å². The second kappa shape index (κ2) is 13.6. The van der Waals surface area contributed by atoms with Crippen LogP contribution in [0.15, 0.2) is 0 Å². The average molecular weight is 299 g/mol. The van der Waals surface area contributed by atoms with Crippen molar-refractivity contribution < 1.29 is 0 Å². The van der Waals surface area contributed by atoms with Crippen LogP contribution in [0.3, 0.4) is 0 Å². The van der Waals surface area contributed by atoms with Gasteiger partial charge in [0.05, 0.1) is 0 Å². The van der Waals surface area contributed by atoms with Crippen LogP contribution in [0.2, 0.25) is 0 Å². The van der Waals surface area contributed by atoms with E-state index in [9.17, 15) is 0 Å². The minimum atomic E-state index is 0.693. The van der Waals surface area contributed by atoms with Crippen LogP contribution in [-0.4, -0.2) is 37.1 Å². The molecule has 2 aliphatic rings. The van der Waals surface area contributed by atoms with Crippen molar-refractivity contribution in [1.82, 2.24) is 10.2 Å². The van der Waals surface area contributed by atoms with E-state index in [0.717, 1.165) is 12.0 Å². The maximum Gasteiger partial charge on any atom is 0.00938 e. The molecule has 0 amide bonds. The molecule has 1 heterocycles. The van der Waals surface area contributed by atoms with Gasteiger partial charge >= 0.3 is 0 Å². The van der Waals surface area contributed by atoms with Gasteiger partial charge in [0.15, 0.2) is 0 Å². The lowest BCUT2D eigenvalue weighted by Crippen LogP contribution is -2.44. The van der Waals surface area contributed by atoms with Crippen LogP contribution in [-0.2, 0) is 0 Å². The van der Waals surface area contributed by atoms with E-state index in [-0.39, 0.29) is 0 Å². The normalized spacial score (nSPS) is 22.6. The first kappa shape index (κ1) is 20.9. The Bertz CT molecular complexity index is 204. The van der Waals surface area contributed by atoms with Gasteiger partial charge in [0, 0.05) is 12.1 Å². The highest BCUT2D eigenvalue weighted by atomic mass is 15.1. The van der Waals surface area contributed by atoms with Crippen LogP contribution in [0.25, 0.3) is 0 Å². The molecule has 1 saturated heterocycles. The Kier molecular flexibility index (Phi) is 13.5. The Labute approximate surface area is 135 Å². The highest BCUT2D eigenvalue weighted by molar-refractivity contribution is 4.77. The summed E-state index contributed by atoms with van der Waals surface area (Å²) in [4.78, 5) is 2.41. The van der Waals surface area contributed by atoms with Crippen molar-refractivity contribution in [2.75, 3.05) is 20.1 Å². The Morgan fingerprint density at radius 1 is 1.00 bits per heavy atom. The average Bonchev–Trinajstić information content (AvgIpc) is 2.53. The van der Waals surface area contributed by atoms with Crippen LogP contribution in [0, 0.1) is 5.92 Å². The van der Waals surface area contributed by atoms with Gasteiger partial charge in [-0.2, -0.15) is 0 Å². The molecule has 2 rings (SSSR count). The third-order valence-electron chi connectivity index (χ3n) is 4.75. The molecule has 1 saturated carbocycles. The SMILES string of the molecule is CC.CC1CCCCC1.CCC(C)NC1CCN(C)CC1. The van der Waals surface area contributed by atoms with Gasteiger partial charge in [-0.05, 0) is 52.2 Å². The standard InChI is InChI=1S/C10H22N2.C7H14.C2H6/c1-4-9(2)11-10-5-7-12(3)8-6-10;1-7-5-3-2-4-6-7;1-2/h9-11H,4-8H2,1-3H3;7H,2-6H2,1H3;1-2H3. The minimum absolute atomic E-state index is 0.693. The molecular weight excluding hydrogens is 256 g/mol. The van der Waals surface area contributed by atoms with Crippen molar-refractivity contribution in [2.24, 2.45) is 5.92 Å². The number of nitrogens with one attached hydrogen (secondary N) is 1. The second-order valence-corrected chi connectivity index (χ2v) is 6.80. The van der Waals surface area contributed by atoms with Gasteiger partial charge < -0.3 is 10.2 Å². The van der Waals surface area contributed by atoms with Gasteiger partial charge in [0.2, 0.25) is 0 Å². The fourth-order valence-electron chi connectivity index (χ4n) is 3.00. The summed E-state index contributed by atoms with van der Waals surface area (Å²) in [5.41, 5.74) is 0.